The van der Waals surface area contributed by atoms with Crippen LogP contribution >= 0.6 is 0 Å². The summed E-state index contributed by atoms with van der Waals surface area (Å²) in [6.45, 7) is 23.6. The molecule has 0 unspecified atom stereocenters. The van der Waals surface area contributed by atoms with Crippen molar-refractivity contribution in [3.05, 3.63) is 77.0 Å². The van der Waals surface area contributed by atoms with Crippen molar-refractivity contribution in [3.63, 3.8) is 0 Å². The molecule has 0 spiro atoms. The Labute approximate surface area is 265 Å². The molecule has 2 fully saturated rings. The van der Waals surface area contributed by atoms with E-state index in [9.17, 15) is 9.18 Å². The van der Waals surface area contributed by atoms with Gasteiger partial charge in [0.05, 0.1) is 12.2 Å². The molecule has 2 atom stereocenters. The molecular formula is C35H42FN7O2. The predicted octanol–water partition coefficient (Wildman–Crippen LogP) is 5.17. The highest BCUT2D eigenvalue weighted by Crippen LogP contribution is 2.36. The van der Waals surface area contributed by atoms with E-state index in [-0.39, 0.29) is 18.6 Å². The molecule has 4 heterocycles. The average molecular weight is 612 g/mol. The van der Waals surface area contributed by atoms with Crippen molar-refractivity contribution >= 4 is 28.2 Å². The van der Waals surface area contributed by atoms with Crippen LogP contribution in [0.4, 0.5) is 15.9 Å². The fourth-order valence-corrected chi connectivity index (χ4v) is 7.09. The van der Waals surface area contributed by atoms with Crippen LogP contribution in [-0.4, -0.2) is 89.2 Å². The van der Waals surface area contributed by atoms with Crippen LogP contribution < -0.4 is 14.5 Å². The Hall–Kier alpha value is -4.23. The molecule has 2 aromatic carbocycles. The number of hydrogen-bond donors (Lipinski definition) is 0. The number of benzene rings is 2. The van der Waals surface area contributed by atoms with Crippen molar-refractivity contribution in [2.45, 2.75) is 64.7 Å². The van der Waals surface area contributed by atoms with Crippen molar-refractivity contribution in [2.24, 2.45) is 0 Å². The smallest absolute Gasteiger partial charge is 0.318 e. The van der Waals surface area contributed by atoms with Gasteiger partial charge in [-0.25, -0.2) is 11.0 Å². The van der Waals surface area contributed by atoms with E-state index >= 15 is 0 Å². The SMILES string of the molecule is [C-]#[N+]C[C@H]1CN(c2nc(OC[C@@H]3CCN3C(C)(C)C)nc3c2CCN(c2cccc4cccc(C)c24)C3)CCN1C(=O)C(=C)F. The molecule has 236 valence electrons. The van der Waals surface area contributed by atoms with Gasteiger partial charge in [0.25, 0.3) is 5.91 Å². The maximum Gasteiger partial charge on any atom is 0.318 e. The lowest BCUT2D eigenvalue weighted by Crippen LogP contribution is -2.59. The summed E-state index contributed by atoms with van der Waals surface area (Å²) in [5.41, 5.74) is 4.46. The largest absolute Gasteiger partial charge is 0.462 e. The summed E-state index contributed by atoms with van der Waals surface area (Å²) >= 11 is 0. The number of carbonyl (C=O) groups is 1. The second-order valence-electron chi connectivity index (χ2n) is 13.3. The number of likely N-dealkylation sites (tertiary alicyclic amines) is 1. The van der Waals surface area contributed by atoms with Gasteiger partial charge in [-0.15, -0.1) is 0 Å². The van der Waals surface area contributed by atoms with E-state index in [4.69, 9.17) is 21.3 Å². The third-order valence-electron chi connectivity index (χ3n) is 9.44. The predicted molar refractivity (Wildman–Crippen MR) is 175 cm³/mol. The van der Waals surface area contributed by atoms with Gasteiger partial charge in [0, 0.05) is 60.9 Å². The highest BCUT2D eigenvalue weighted by atomic mass is 19.1. The Morgan fingerprint density at radius 3 is 2.56 bits per heavy atom. The van der Waals surface area contributed by atoms with E-state index in [0.29, 0.717) is 38.3 Å². The van der Waals surface area contributed by atoms with Gasteiger partial charge >= 0.3 is 6.01 Å². The summed E-state index contributed by atoms with van der Waals surface area (Å²) in [6.07, 6.45) is 1.80. The molecule has 0 bridgehead atoms. The molecule has 1 amide bonds. The summed E-state index contributed by atoms with van der Waals surface area (Å²) in [5.74, 6) is -0.967. The van der Waals surface area contributed by atoms with Gasteiger partial charge in [-0.1, -0.05) is 36.9 Å². The second kappa shape index (κ2) is 12.3. The molecule has 9 nitrogen and oxygen atoms in total. The second-order valence-corrected chi connectivity index (χ2v) is 13.3. The minimum atomic E-state index is -1.00. The Kier molecular flexibility index (Phi) is 8.40. The van der Waals surface area contributed by atoms with Gasteiger partial charge in [-0.05, 0) is 57.6 Å². The van der Waals surface area contributed by atoms with Crippen LogP contribution in [-0.2, 0) is 17.8 Å². The van der Waals surface area contributed by atoms with E-state index in [0.717, 1.165) is 43.0 Å². The quantitative estimate of drug-likeness (QED) is 0.270. The van der Waals surface area contributed by atoms with Crippen molar-refractivity contribution in [1.82, 2.24) is 19.8 Å². The zero-order valence-electron chi connectivity index (χ0n) is 26.7. The molecule has 1 aromatic heterocycles. The first-order chi connectivity index (χ1) is 21.5. The number of ether oxygens (including phenoxy) is 1. The maximum absolute atomic E-state index is 13.9. The Morgan fingerprint density at radius 1 is 1.09 bits per heavy atom. The molecule has 3 aliphatic rings. The summed E-state index contributed by atoms with van der Waals surface area (Å²) < 4.78 is 20.2. The number of aryl methyl sites for hydroxylation is 1. The fraction of sp³-hybridized carbons (Fsp3) is 0.486. The molecular weight excluding hydrogens is 569 g/mol. The lowest BCUT2D eigenvalue weighted by atomic mass is 9.94. The molecule has 2 saturated heterocycles. The van der Waals surface area contributed by atoms with Crippen molar-refractivity contribution < 1.29 is 13.9 Å². The molecule has 45 heavy (non-hydrogen) atoms. The minimum Gasteiger partial charge on any atom is -0.462 e. The molecule has 0 radical (unpaired) electrons. The molecule has 0 saturated carbocycles. The fourth-order valence-electron chi connectivity index (χ4n) is 7.09. The van der Waals surface area contributed by atoms with Crippen LogP contribution in [0.1, 0.15) is 44.0 Å². The third kappa shape index (κ3) is 6.06. The van der Waals surface area contributed by atoms with E-state index < -0.39 is 17.8 Å². The van der Waals surface area contributed by atoms with Gasteiger partial charge in [-0.3, -0.25) is 9.69 Å². The van der Waals surface area contributed by atoms with Crippen LogP contribution in [0.3, 0.4) is 0 Å². The first-order valence-electron chi connectivity index (χ1n) is 15.8. The Balaban J connectivity index is 1.33. The van der Waals surface area contributed by atoms with Crippen LogP contribution in [0.2, 0.25) is 0 Å². The lowest BCUT2D eigenvalue weighted by molar-refractivity contribution is -0.131. The van der Waals surface area contributed by atoms with Gasteiger partial charge in [0.2, 0.25) is 6.54 Å². The number of nitrogens with zero attached hydrogens (tertiary/aromatic N) is 7. The molecule has 0 N–H and O–H groups in total. The summed E-state index contributed by atoms with van der Waals surface area (Å²) in [7, 11) is 0. The van der Waals surface area contributed by atoms with Gasteiger partial charge < -0.3 is 24.3 Å². The lowest BCUT2D eigenvalue weighted by Gasteiger charge is -2.49. The number of hydrogen-bond acceptors (Lipinski definition) is 7. The molecule has 3 aromatic rings. The summed E-state index contributed by atoms with van der Waals surface area (Å²) in [6, 6.07) is 13.0. The number of fused-ring (bicyclic) bond motifs is 2. The van der Waals surface area contributed by atoms with Gasteiger partial charge in [0.15, 0.2) is 5.83 Å². The molecule has 0 aliphatic carbocycles. The van der Waals surface area contributed by atoms with Gasteiger partial charge in [-0.2, -0.15) is 9.97 Å². The van der Waals surface area contributed by atoms with E-state index in [1.54, 1.807) is 0 Å². The number of anilines is 2. The highest BCUT2D eigenvalue weighted by molar-refractivity contribution is 5.97. The maximum atomic E-state index is 13.9. The normalized spacial score (nSPS) is 20.4. The molecule has 3 aliphatic heterocycles. The van der Waals surface area contributed by atoms with Crippen molar-refractivity contribution in [2.75, 3.05) is 55.7 Å². The topological polar surface area (TPSA) is 69.4 Å². The van der Waals surface area contributed by atoms with E-state index in [1.807, 2.05) is 0 Å². The van der Waals surface area contributed by atoms with Crippen molar-refractivity contribution in [3.8, 4) is 6.01 Å². The average Bonchev–Trinajstić information content (AvgIpc) is 2.98. The number of carbonyl (C=O) groups excluding carboxylic acids is 1. The third-order valence-corrected chi connectivity index (χ3v) is 9.44. The highest BCUT2D eigenvalue weighted by Gasteiger charge is 2.38. The Morgan fingerprint density at radius 2 is 1.87 bits per heavy atom. The molecule has 6 rings (SSSR count). The number of amides is 1. The number of halogens is 1. The summed E-state index contributed by atoms with van der Waals surface area (Å²) in [5, 5.41) is 2.46. The van der Waals surface area contributed by atoms with Gasteiger partial charge in [0.1, 0.15) is 18.5 Å². The number of rotatable bonds is 7. The standard InChI is InChI=1S/C35H42FN7O2/c1-23-9-7-10-25-11-8-12-30(31(23)25)40-15-14-28-29(21-40)38-34(45-22-26-13-16-43(26)35(3,4)5)39-32(28)41-17-18-42(33(44)24(2)36)27(20-41)19-37-6/h7-12,26-27H,2,13-22H2,1,3-5H3/t26-,27-/m0/s1. The van der Waals surface area contributed by atoms with Crippen molar-refractivity contribution in [1.29, 1.82) is 0 Å². The molecule has 10 heteroatoms. The van der Waals surface area contributed by atoms with Crippen LogP contribution in [0.25, 0.3) is 15.6 Å². The number of aromatic nitrogens is 2. The summed E-state index contributed by atoms with van der Waals surface area (Å²) in [4.78, 5) is 34.5. The zero-order chi connectivity index (χ0) is 31.9. The monoisotopic (exact) mass is 611 g/mol. The van der Waals surface area contributed by atoms with E-state index in [1.165, 1.54) is 26.9 Å². The number of piperazine rings is 1. The van der Waals surface area contributed by atoms with Crippen LogP contribution in [0.15, 0.2) is 48.8 Å². The van der Waals surface area contributed by atoms with Crippen LogP contribution in [0.5, 0.6) is 6.01 Å². The first kappa shape index (κ1) is 30.8. The minimum absolute atomic E-state index is 0.0607. The first-order valence-corrected chi connectivity index (χ1v) is 15.8. The zero-order valence-corrected chi connectivity index (χ0v) is 26.7. The van der Waals surface area contributed by atoms with Crippen LogP contribution in [0, 0.1) is 13.5 Å². The Bertz CT molecular complexity index is 1660. The van der Waals surface area contributed by atoms with E-state index in [2.05, 4.69) is 90.2 Å².